The number of nitrogens with zero attached hydrogens (tertiary/aromatic N) is 4. The summed E-state index contributed by atoms with van der Waals surface area (Å²) in [4.78, 5) is 34.6. The number of carbonyl (C=O) groups excluding carboxylic acids is 1. The number of benzene rings is 1. The molecule has 1 aliphatic heterocycles. The number of rotatable bonds is 8. The highest BCUT2D eigenvalue weighted by molar-refractivity contribution is 7.09. The van der Waals surface area contributed by atoms with Crippen molar-refractivity contribution in [2.45, 2.75) is 46.0 Å². The number of fused-ring (bicyclic) bond motifs is 1. The zero-order valence-corrected chi connectivity index (χ0v) is 21.5. The highest BCUT2D eigenvalue weighted by atomic mass is 32.1. The average molecular weight is 497 g/mol. The molecule has 35 heavy (non-hydrogen) atoms. The molecule has 0 bridgehead atoms. The van der Waals surface area contributed by atoms with Gasteiger partial charge in [-0.1, -0.05) is 12.1 Å². The van der Waals surface area contributed by atoms with Gasteiger partial charge >= 0.3 is 0 Å². The second kappa shape index (κ2) is 11.0. The molecule has 0 saturated heterocycles. The lowest BCUT2D eigenvalue weighted by Crippen LogP contribution is -2.32. The Labute approximate surface area is 209 Å². The number of ether oxygens (including phenoxy) is 2. The van der Waals surface area contributed by atoms with E-state index in [1.807, 2.05) is 31.4 Å². The first kappa shape index (κ1) is 24.9. The van der Waals surface area contributed by atoms with E-state index in [0.717, 1.165) is 29.5 Å². The van der Waals surface area contributed by atoms with Crippen LogP contribution in [0.3, 0.4) is 0 Å². The topological polar surface area (TPSA) is 76.9 Å². The molecule has 2 aromatic heterocycles. The van der Waals surface area contributed by atoms with Crippen LogP contribution < -0.4 is 15.0 Å². The van der Waals surface area contributed by atoms with Crippen LogP contribution in [0.4, 0.5) is 0 Å². The lowest BCUT2D eigenvalue weighted by Gasteiger charge is -2.21. The van der Waals surface area contributed by atoms with Gasteiger partial charge in [-0.05, 0) is 31.5 Å². The van der Waals surface area contributed by atoms with Crippen molar-refractivity contribution in [2.24, 2.45) is 0 Å². The van der Waals surface area contributed by atoms with Crippen molar-refractivity contribution in [3.63, 3.8) is 0 Å². The summed E-state index contributed by atoms with van der Waals surface area (Å²) in [6, 6.07) is 9.57. The van der Waals surface area contributed by atoms with Gasteiger partial charge in [0.1, 0.15) is 22.1 Å². The lowest BCUT2D eigenvalue weighted by molar-refractivity contribution is 0.0779. The predicted octanol–water partition coefficient (Wildman–Crippen LogP) is 3.43. The fraction of sp³-hybridized carbons (Fsp3) is 0.423. The van der Waals surface area contributed by atoms with E-state index in [0.29, 0.717) is 37.4 Å². The third-order valence-corrected chi connectivity index (χ3v) is 6.79. The number of carbonyl (C=O) groups is 1. The van der Waals surface area contributed by atoms with E-state index in [1.54, 1.807) is 22.7 Å². The lowest BCUT2D eigenvalue weighted by atomic mass is 10.1. The molecule has 1 aromatic carbocycles. The van der Waals surface area contributed by atoms with E-state index >= 15 is 0 Å². The minimum Gasteiger partial charge on any atom is -0.496 e. The molecule has 3 aromatic rings. The molecule has 0 fully saturated rings. The Morgan fingerprint density at radius 2 is 1.97 bits per heavy atom. The van der Waals surface area contributed by atoms with Crippen LogP contribution in [0.5, 0.6) is 11.5 Å². The first-order chi connectivity index (χ1) is 16.9. The van der Waals surface area contributed by atoms with Gasteiger partial charge in [0.15, 0.2) is 0 Å². The number of thiazole rings is 1. The fourth-order valence-electron chi connectivity index (χ4n) is 4.34. The van der Waals surface area contributed by atoms with Crippen molar-refractivity contribution in [1.29, 1.82) is 0 Å². The van der Waals surface area contributed by atoms with Crippen molar-refractivity contribution < 1.29 is 14.3 Å². The molecule has 0 atom stereocenters. The van der Waals surface area contributed by atoms with E-state index in [1.165, 1.54) is 30.1 Å². The van der Waals surface area contributed by atoms with Crippen LogP contribution in [0.2, 0.25) is 0 Å². The highest BCUT2D eigenvalue weighted by Gasteiger charge is 2.27. The van der Waals surface area contributed by atoms with E-state index in [-0.39, 0.29) is 17.6 Å². The molecule has 0 saturated carbocycles. The second-order valence-electron chi connectivity index (χ2n) is 8.95. The molecule has 3 heterocycles. The summed E-state index contributed by atoms with van der Waals surface area (Å²) in [6.45, 7) is 7.14. The minimum absolute atomic E-state index is 0.137. The maximum atomic E-state index is 13.5. The number of aromatic nitrogens is 2. The third kappa shape index (κ3) is 5.91. The number of hydrogen-bond donors (Lipinski definition) is 0. The van der Waals surface area contributed by atoms with Gasteiger partial charge in [0.2, 0.25) is 0 Å². The SMILES string of the molecule is COc1cc(=O)n2c(c1C(=O)N(C)Cc1nccs1)CCN(Cc1ccc(OC(C)C)cc1)CC2. The molecule has 0 N–H and O–H groups in total. The van der Waals surface area contributed by atoms with E-state index < -0.39 is 0 Å². The molecular formula is C26H32N4O4S. The molecule has 0 radical (unpaired) electrons. The van der Waals surface area contributed by atoms with Crippen molar-refractivity contribution in [1.82, 2.24) is 19.4 Å². The van der Waals surface area contributed by atoms with E-state index in [9.17, 15) is 9.59 Å². The maximum Gasteiger partial charge on any atom is 0.259 e. The highest BCUT2D eigenvalue weighted by Crippen LogP contribution is 2.25. The number of hydrogen-bond acceptors (Lipinski definition) is 7. The summed E-state index contributed by atoms with van der Waals surface area (Å²) in [6.07, 6.45) is 2.44. The maximum absolute atomic E-state index is 13.5. The number of amides is 1. The van der Waals surface area contributed by atoms with Crippen LogP contribution in [0, 0.1) is 0 Å². The molecule has 4 rings (SSSR count). The minimum atomic E-state index is -0.171. The van der Waals surface area contributed by atoms with E-state index in [4.69, 9.17) is 9.47 Å². The molecule has 9 heteroatoms. The van der Waals surface area contributed by atoms with Gasteiger partial charge in [0.25, 0.3) is 11.5 Å². The Bertz CT molecular complexity index is 1210. The van der Waals surface area contributed by atoms with Crippen molar-refractivity contribution in [3.8, 4) is 11.5 Å². The molecule has 0 aliphatic carbocycles. The van der Waals surface area contributed by atoms with Crippen LogP contribution >= 0.6 is 11.3 Å². The van der Waals surface area contributed by atoms with Crippen LogP contribution in [0.25, 0.3) is 0 Å². The van der Waals surface area contributed by atoms with Gasteiger partial charge in [-0.2, -0.15) is 0 Å². The predicted molar refractivity (Wildman–Crippen MR) is 136 cm³/mol. The van der Waals surface area contributed by atoms with Gasteiger partial charge in [-0.3, -0.25) is 14.5 Å². The van der Waals surface area contributed by atoms with E-state index in [2.05, 4.69) is 22.0 Å². The van der Waals surface area contributed by atoms with Crippen LogP contribution in [-0.4, -0.2) is 58.6 Å². The summed E-state index contributed by atoms with van der Waals surface area (Å²) in [5.41, 5.74) is 2.22. The zero-order chi connectivity index (χ0) is 24.9. The molecular weight excluding hydrogens is 464 g/mol. The summed E-state index contributed by atoms with van der Waals surface area (Å²) < 4.78 is 13.0. The fourth-order valence-corrected chi connectivity index (χ4v) is 5.01. The third-order valence-electron chi connectivity index (χ3n) is 6.02. The largest absolute Gasteiger partial charge is 0.496 e. The van der Waals surface area contributed by atoms with Crippen molar-refractivity contribution in [2.75, 3.05) is 27.2 Å². The molecule has 1 amide bonds. The summed E-state index contributed by atoms with van der Waals surface area (Å²) in [7, 11) is 3.25. The number of pyridine rings is 1. The van der Waals surface area contributed by atoms with Gasteiger partial charge in [-0.25, -0.2) is 4.98 Å². The first-order valence-electron chi connectivity index (χ1n) is 11.8. The molecule has 1 aliphatic rings. The Balaban J connectivity index is 1.54. The Morgan fingerprint density at radius 3 is 2.63 bits per heavy atom. The summed E-state index contributed by atoms with van der Waals surface area (Å²) >= 11 is 1.51. The Morgan fingerprint density at radius 1 is 1.20 bits per heavy atom. The number of methoxy groups -OCH3 is 1. The normalized spacial score (nSPS) is 13.9. The van der Waals surface area contributed by atoms with Crippen LogP contribution in [-0.2, 0) is 26.1 Å². The monoisotopic (exact) mass is 496 g/mol. The molecule has 8 nitrogen and oxygen atoms in total. The molecule has 0 spiro atoms. The quantitative estimate of drug-likeness (QED) is 0.476. The van der Waals surface area contributed by atoms with Gasteiger partial charge in [0, 0.05) is 63.0 Å². The molecule has 186 valence electrons. The average Bonchev–Trinajstić information content (AvgIpc) is 3.25. The van der Waals surface area contributed by atoms with Crippen molar-refractivity contribution in [3.05, 3.63) is 74.1 Å². The van der Waals surface area contributed by atoms with Gasteiger partial charge < -0.3 is 18.9 Å². The summed E-state index contributed by atoms with van der Waals surface area (Å²) in [5, 5.41) is 2.75. The Hall–Kier alpha value is -3.17. The Kier molecular flexibility index (Phi) is 7.87. The van der Waals surface area contributed by atoms with Crippen molar-refractivity contribution >= 4 is 17.2 Å². The summed E-state index contributed by atoms with van der Waals surface area (Å²) in [5.74, 6) is 1.01. The standard InChI is InChI=1S/C26H32N4O4S/c1-18(2)34-20-7-5-19(6-8-20)16-29-11-9-21-25(22(33-4)15-24(31)30(21)13-12-29)26(32)28(3)17-23-27-10-14-35-23/h5-8,10,14-15,18H,9,11-13,16-17H2,1-4H3. The van der Waals surface area contributed by atoms with Crippen LogP contribution in [0.15, 0.2) is 46.7 Å². The van der Waals surface area contributed by atoms with Gasteiger partial charge in [-0.15, -0.1) is 11.3 Å². The van der Waals surface area contributed by atoms with Crippen LogP contribution in [0.1, 0.15) is 40.5 Å². The second-order valence-corrected chi connectivity index (χ2v) is 9.93. The zero-order valence-electron chi connectivity index (χ0n) is 20.7. The molecule has 0 unspecified atom stereocenters. The smallest absolute Gasteiger partial charge is 0.259 e. The van der Waals surface area contributed by atoms with Gasteiger partial charge in [0.05, 0.1) is 19.8 Å². The first-order valence-corrected chi connectivity index (χ1v) is 12.7.